The SMILES string of the molecule is ON=C(c1ccc(OCc2ccc3ccccc3n2)cc1)c1ccc(OCc2ccc3ccccc3n2)cc1. The van der Waals surface area contributed by atoms with Crippen LogP contribution in [-0.4, -0.2) is 20.9 Å². The van der Waals surface area contributed by atoms with Gasteiger partial charge in [-0.1, -0.05) is 53.7 Å². The first-order valence-corrected chi connectivity index (χ1v) is 12.6. The topological polar surface area (TPSA) is 76.8 Å². The van der Waals surface area contributed by atoms with E-state index in [1.165, 1.54) is 0 Å². The van der Waals surface area contributed by atoms with E-state index in [1.54, 1.807) is 0 Å². The quantitative estimate of drug-likeness (QED) is 0.133. The smallest absolute Gasteiger partial charge is 0.130 e. The fraction of sp³-hybridized carbons (Fsp3) is 0.0606. The first-order chi connectivity index (χ1) is 19.2. The van der Waals surface area contributed by atoms with E-state index < -0.39 is 0 Å². The fourth-order valence-electron chi connectivity index (χ4n) is 4.39. The molecule has 0 bridgehead atoms. The highest BCUT2D eigenvalue weighted by Gasteiger charge is 2.10. The van der Waals surface area contributed by atoms with Gasteiger partial charge in [0.15, 0.2) is 0 Å². The van der Waals surface area contributed by atoms with Crippen LogP contribution in [0.3, 0.4) is 0 Å². The van der Waals surface area contributed by atoms with Crippen LogP contribution in [0.15, 0.2) is 126 Å². The third-order valence-corrected chi connectivity index (χ3v) is 6.44. The van der Waals surface area contributed by atoms with Crippen molar-refractivity contribution in [3.8, 4) is 11.5 Å². The molecule has 1 N–H and O–H groups in total. The monoisotopic (exact) mass is 511 g/mol. The summed E-state index contributed by atoms with van der Waals surface area (Å²) >= 11 is 0. The van der Waals surface area contributed by atoms with Gasteiger partial charge >= 0.3 is 0 Å². The number of rotatable bonds is 8. The van der Waals surface area contributed by atoms with Crippen molar-refractivity contribution in [3.63, 3.8) is 0 Å². The minimum absolute atomic E-state index is 0.362. The maximum Gasteiger partial charge on any atom is 0.130 e. The number of aromatic nitrogens is 2. The van der Waals surface area contributed by atoms with Crippen molar-refractivity contribution in [2.24, 2.45) is 5.16 Å². The van der Waals surface area contributed by atoms with Crippen LogP contribution in [0, 0.1) is 0 Å². The van der Waals surface area contributed by atoms with Gasteiger partial charge in [0.05, 0.1) is 22.4 Å². The molecule has 2 heterocycles. The lowest BCUT2D eigenvalue weighted by Crippen LogP contribution is -2.04. The molecule has 6 aromatic rings. The van der Waals surface area contributed by atoms with Crippen LogP contribution in [0.4, 0.5) is 0 Å². The van der Waals surface area contributed by atoms with Gasteiger partial charge in [0.2, 0.25) is 0 Å². The molecule has 0 radical (unpaired) electrons. The van der Waals surface area contributed by atoms with Crippen LogP contribution in [0.5, 0.6) is 11.5 Å². The maximum atomic E-state index is 9.76. The molecule has 39 heavy (non-hydrogen) atoms. The number of nitrogens with zero attached hydrogens (tertiary/aromatic N) is 3. The van der Waals surface area contributed by atoms with Crippen molar-refractivity contribution in [2.45, 2.75) is 13.2 Å². The second-order valence-corrected chi connectivity index (χ2v) is 9.07. The van der Waals surface area contributed by atoms with Crippen molar-refractivity contribution in [1.82, 2.24) is 9.97 Å². The van der Waals surface area contributed by atoms with Crippen LogP contribution in [0.2, 0.25) is 0 Å². The standard InChI is InChI=1S/C33H25N3O3/c37-36-33(25-11-17-29(18-12-25)38-21-27-15-9-23-5-1-3-7-31(23)34-27)26-13-19-30(20-14-26)39-22-28-16-10-24-6-2-4-8-32(24)35-28/h1-20,37H,21-22H2. The summed E-state index contributed by atoms with van der Waals surface area (Å²) < 4.78 is 11.9. The summed E-state index contributed by atoms with van der Waals surface area (Å²) in [4.78, 5) is 9.30. The molecule has 6 nitrogen and oxygen atoms in total. The summed E-state index contributed by atoms with van der Waals surface area (Å²) in [6, 6.07) is 38.9. The predicted octanol–water partition coefficient (Wildman–Crippen LogP) is 7.17. The summed E-state index contributed by atoms with van der Waals surface area (Å²) in [6.07, 6.45) is 0. The Morgan fingerprint density at radius 2 is 0.974 bits per heavy atom. The molecular formula is C33H25N3O3. The average Bonchev–Trinajstić information content (AvgIpc) is 3.00. The van der Waals surface area contributed by atoms with Gasteiger partial charge in [-0.05, 0) is 72.8 Å². The second-order valence-electron chi connectivity index (χ2n) is 9.07. The minimum Gasteiger partial charge on any atom is -0.487 e. The highest BCUT2D eigenvalue weighted by Crippen LogP contribution is 2.21. The minimum atomic E-state index is 0.362. The van der Waals surface area contributed by atoms with Crippen LogP contribution >= 0.6 is 0 Å². The highest BCUT2D eigenvalue weighted by atomic mass is 16.5. The predicted molar refractivity (Wildman–Crippen MR) is 152 cm³/mol. The van der Waals surface area contributed by atoms with Crippen LogP contribution in [0.25, 0.3) is 21.8 Å². The maximum absolute atomic E-state index is 9.76. The highest BCUT2D eigenvalue weighted by molar-refractivity contribution is 6.12. The Balaban J connectivity index is 1.08. The zero-order chi connectivity index (χ0) is 26.4. The van der Waals surface area contributed by atoms with Crippen LogP contribution < -0.4 is 9.47 Å². The first kappa shape index (κ1) is 24.1. The molecule has 0 amide bonds. The van der Waals surface area contributed by atoms with E-state index in [0.717, 1.165) is 44.3 Å². The van der Waals surface area contributed by atoms with Gasteiger partial charge in [-0.25, -0.2) is 9.97 Å². The van der Waals surface area contributed by atoms with Crippen molar-refractivity contribution >= 4 is 27.5 Å². The number of fused-ring (bicyclic) bond motifs is 2. The van der Waals surface area contributed by atoms with E-state index in [2.05, 4.69) is 15.1 Å². The zero-order valence-electron chi connectivity index (χ0n) is 21.1. The van der Waals surface area contributed by atoms with Crippen molar-refractivity contribution in [3.05, 3.63) is 144 Å². The van der Waals surface area contributed by atoms with Crippen LogP contribution in [0.1, 0.15) is 22.5 Å². The van der Waals surface area contributed by atoms with Gasteiger partial charge in [0, 0.05) is 21.9 Å². The number of ether oxygens (including phenoxy) is 2. The molecule has 6 heteroatoms. The molecule has 0 unspecified atom stereocenters. The molecule has 2 aromatic heterocycles. The van der Waals surface area contributed by atoms with Gasteiger partial charge in [0.1, 0.15) is 30.4 Å². The molecule has 0 aliphatic carbocycles. The summed E-state index contributed by atoms with van der Waals surface area (Å²) in [6.45, 7) is 0.725. The molecule has 0 aliphatic rings. The molecule has 190 valence electrons. The van der Waals surface area contributed by atoms with Gasteiger partial charge < -0.3 is 14.7 Å². The summed E-state index contributed by atoms with van der Waals surface area (Å²) in [5.41, 5.74) is 5.59. The number of para-hydroxylation sites is 2. The van der Waals surface area contributed by atoms with Gasteiger partial charge in [-0.15, -0.1) is 0 Å². The van der Waals surface area contributed by atoms with Gasteiger partial charge in [-0.3, -0.25) is 0 Å². The van der Waals surface area contributed by atoms with E-state index in [4.69, 9.17) is 9.47 Å². The van der Waals surface area contributed by atoms with E-state index in [-0.39, 0.29) is 0 Å². The number of oxime groups is 1. The number of benzene rings is 4. The molecule has 6 rings (SSSR count). The van der Waals surface area contributed by atoms with E-state index in [9.17, 15) is 5.21 Å². The molecule has 4 aromatic carbocycles. The Bertz CT molecular complexity index is 1640. The zero-order valence-corrected chi connectivity index (χ0v) is 21.1. The number of hydrogen-bond donors (Lipinski definition) is 1. The fourth-order valence-corrected chi connectivity index (χ4v) is 4.39. The molecule has 0 fully saturated rings. The molecular weight excluding hydrogens is 486 g/mol. The largest absolute Gasteiger partial charge is 0.487 e. The van der Waals surface area contributed by atoms with Crippen molar-refractivity contribution in [1.29, 1.82) is 0 Å². The Kier molecular flexibility index (Phi) is 6.82. The molecule has 0 saturated carbocycles. The second kappa shape index (κ2) is 11.0. The molecule has 0 aliphatic heterocycles. The molecule has 0 saturated heterocycles. The summed E-state index contributed by atoms with van der Waals surface area (Å²) in [5, 5.41) is 15.5. The Morgan fingerprint density at radius 1 is 0.538 bits per heavy atom. The Morgan fingerprint density at radius 3 is 1.41 bits per heavy atom. The lowest BCUT2D eigenvalue weighted by Gasteiger charge is -2.10. The van der Waals surface area contributed by atoms with Gasteiger partial charge in [0.25, 0.3) is 0 Å². The molecule has 0 spiro atoms. The lowest BCUT2D eigenvalue weighted by molar-refractivity contribution is 0.301. The Labute approximate surface area is 225 Å². The number of pyridine rings is 2. The van der Waals surface area contributed by atoms with Crippen molar-refractivity contribution < 1.29 is 14.7 Å². The summed E-state index contributed by atoms with van der Waals surface area (Å²) in [5.74, 6) is 1.41. The normalized spacial score (nSPS) is 10.9. The van der Waals surface area contributed by atoms with Crippen LogP contribution in [-0.2, 0) is 13.2 Å². The van der Waals surface area contributed by atoms with Crippen molar-refractivity contribution in [2.75, 3.05) is 0 Å². The Hall–Kier alpha value is -5.23. The molecule has 0 atom stereocenters. The summed E-state index contributed by atoms with van der Waals surface area (Å²) in [7, 11) is 0. The lowest BCUT2D eigenvalue weighted by atomic mass is 10.0. The van der Waals surface area contributed by atoms with E-state index >= 15 is 0 Å². The average molecular weight is 512 g/mol. The first-order valence-electron chi connectivity index (χ1n) is 12.6. The van der Waals surface area contributed by atoms with Gasteiger partial charge in [-0.2, -0.15) is 0 Å². The third kappa shape index (κ3) is 5.55. The van der Waals surface area contributed by atoms with E-state index in [1.807, 2.05) is 121 Å². The third-order valence-electron chi connectivity index (χ3n) is 6.44. The van der Waals surface area contributed by atoms with E-state index in [0.29, 0.717) is 30.4 Å². The number of hydrogen-bond acceptors (Lipinski definition) is 6.